The van der Waals surface area contributed by atoms with Crippen LogP contribution in [-0.2, 0) is 4.79 Å². The van der Waals surface area contributed by atoms with E-state index < -0.39 is 0 Å². The number of carbonyl (C=O) groups excluding carboxylic acids is 2. The molecule has 0 aromatic heterocycles. The number of carbonyl (C=O) groups is 2. The van der Waals surface area contributed by atoms with Crippen LogP contribution in [0.15, 0.2) is 18.2 Å². The molecule has 0 fully saturated rings. The molecule has 1 rings (SSSR count). The molecular formula is C23H36O4. The van der Waals surface area contributed by atoms with Crippen molar-refractivity contribution in [3.8, 4) is 11.5 Å². The topological polar surface area (TPSA) is 63.6 Å². The number of phenols is 1. The van der Waals surface area contributed by atoms with Crippen LogP contribution in [0.3, 0.4) is 0 Å². The second-order valence-electron chi connectivity index (χ2n) is 7.31. The summed E-state index contributed by atoms with van der Waals surface area (Å²) in [7, 11) is 0. The molecule has 0 aliphatic heterocycles. The lowest BCUT2D eigenvalue weighted by atomic mass is 10.0. The molecule has 27 heavy (non-hydrogen) atoms. The van der Waals surface area contributed by atoms with Crippen molar-refractivity contribution in [2.75, 3.05) is 0 Å². The Labute approximate surface area is 164 Å². The maximum atomic E-state index is 11.8. The fraction of sp³-hybridized carbons (Fsp3) is 0.652. The summed E-state index contributed by atoms with van der Waals surface area (Å²) in [5.41, 5.74) is 0.186. The van der Waals surface area contributed by atoms with Crippen LogP contribution >= 0.6 is 0 Å². The van der Waals surface area contributed by atoms with Crippen molar-refractivity contribution in [2.24, 2.45) is 0 Å². The number of esters is 1. The van der Waals surface area contributed by atoms with Gasteiger partial charge in [0.1, 0.15) is 11.5 Å². The Morgan fingerprint density at radius 3 is 1.89 bits per heavy atom. The molecule has 0 radical (unpaired) electrons. The van der Waals surface area contributed by atoms with Gasteiger partial charge in [-0.2, -0.15) is 0 Å². The van der Waals surface area contributed by atoms with E-state index in [9.17, 15) is 14.7 Å². The Hall–Kier alpha value is -1.84. The molecule has 0 spiro atoms. The molecule has 0 aliphatic rings. The Morgan fingerprint density at radius 2 is 1.41 bits per heavy atom. The predicted octanol–water partition coefficient (Wildman–Crippen LogP) is 6.59. The van der Waals surface area contributed by atoms with Gasteiger partial charge >= 0.3 is 5.97 Å². The van der Waals surface area contributed by atoms with E-state index in [1.165, 1.54) is 88.8 Å². The van der Waals surface area contributed by atoms with Gasteiger partial charge in [0, 0.05) is 12.5 Å². The van der Waals surface area contributed by atoms with Crippen LogP contribution in [0.1, 0.15) is 107 Å². The average Bonchev–Trinajstić information content (AvgIpc) is 2.65. The number of benzene rings is 1. The van der Waals surface area contributed by atoms with Crippen molar-refractivity contribution < 1.29 is 19.4 Å². The third-order valence-electron chi connectivity index (χ3n) is 4.85. The highest BCUT2D eigenvalue weighted by molar-refractivity contribution is 5.80. The Bertz CT molecular complexity index is 539. The molecule has 1 N–H and O–H groups in total. The molecule has 0 aliphatic carbocycles. The third kappa shape index (κ3) is 11.5. The summed E-state index contributed by atoms with van der Waals surface area (Å²) in [5.74, 6) is -0.189. The maximum Gasteiger partial charge on any atom is 0.311 e. The second-order valence-corrected chi connectivity index (χ2v) is 7.31. The fourth-order valence-corrected chi connectivity index (χ4v) is 3.16. The number of unbranched alkanes of at least 4 members (excludes halogenated alkanes) is 12. The summed E-state index contributed by atoms with van der Waals surface area (Å²) >= 11 is 0. The van der Waals surface area contributed by atoms with Crippen molar-refractivity contribution in [3.05, 3.63) is 23.8 Å². The molecule has 4 nitrogen and oxygen atoms in total. The minimum atomic E-state index is -0.295. The van der Waals surface area contributed by atoms with E-state index in [2.05, 4.69) is 6.92 Å². The zero-order valence-corrected chi connectivity index (χ0v) is 16.9. The molecule has 0 unspecified atom stereocenters. The first-order valence-corrected chi connectivity index (χ1v) is 10.7. The van der Waals surface area contributed by atoms with Gasteiger partial charge in [-0.1, -0.05) is 84.0 Å². The molecule has 0 saturated carbocycles. The normalized spacial score (nSPS) is 10.7. The maximum absolute atomic E-state index is 11.8. The van der Waals surface area contributed by atoms with Gasteiger partial charge in [-0.05, 0) is 18.6 Å². The highest BCUT2D eigenvalue weighted by Gasteiger charge is 2.07. The number of phenolic OH excluding ortho intramolecular Hbond substituents is 1. The van der Waals surface area contributed by atoms with Crippen molar-refractivity contribution in [2.45, 2.75) is 96.8 Å². The molecular weight excluding hydrogens is 340 g/mol. The summed E-state index contributed by atoms with van der Waals surface area (Å²) in [5, 5.41) is 9.58. The van der Waals surface area contributed by atoms with Gasteiger partial charge in [0.05, 0.1) is 5.56 Å². The van der Waals surface area contributed by atoms with Gasteiger partial charge in [-0.3, -0.25) is 9.59 Å². The van der Waals surface area contributed by atoms with Crippen molar-refractivity contribution in [1.29, 1.82) is 0 Å². The SMILES string of the molecule is CCCCCCCCCCCCCCCC(=O)Oc1ccc(C=O)c(O)c1. The summed E-state index contributed by atoms with van der Waals surface area (Å²) in [4.78, 5) is 22.4. The van der Waals surface area contributed by atoms with E-state index in [1.54, 1.807) is 0 Å². The molecule has 1 aromatic carbocycles. The largest absolute Gasteiger partial charge is 0.507 e. The minimum Gasteiger partial charge on any atom is -0.507 e. The Morgan fingerprint density at radius 1 is 0.889 bits per heavy atom. The monoisotopic (exact) mass is 376 g/mol. The van der Waals surface area contributed by atoms with E-state index in [0.29, 0.717) is 12.7 Å². The van der Waals surface area contributed by atoms with Gasteiger partial charge in [0.25, 0.3) is 0 Å². The number of ether oxygens (including phenoxy) is 1. The second kappa shape index (κ2) is 15.2. The highest BCUT2D eigenvalue weighted by atomic mass is 16.5. The van der Waals surface area contributed by atoms with Crippen LogP contribution in [0.25, 0.3) is 0 Å². The standard InChI is InChI=1S/C23H36O4/c1-2-3-4-5-6-7-8-9-10-11-12-13-14-15-23(26)27-21-17-16-20(19-24)22(25)18-21/h16-19,25H,2-15H2,1H3. The van der Waals surface area contributed by atoms with Crippen molar-refractivity contribution in [3.63, 3.8) is 0 Å². The van der Waals surface area contributed by atoms with Crippen LogP contribution in [-0.4, -0.2) is 17.4 Å². The molecule has 0 atom stereocenters. The van der Waals surface area contributed by atoms with E-state index in [-0.39, 0.29) is 23.0 Å². The van der Waals surface area contributed by atoms with Crippen LogP contribution in [0, 0.1) is 0 Å². The number of aldehydes is 1. The predicted molar refractivity (Wildman–Crippen MR) is 109 cm³/mol. The van der Waals surface area contributed by atoms with Gasteiger partial charge in [0.15, 0.2) is 6.29 Å². The molecule has 0 amide bonds. The molecule has 0 bridgehead atoms. The van der Waals surface area contributed by atoms with Gasteiger partial charge in [-0.25, -0.2) is 0 Å². The van der Waals surface area contributed by atoms with E-state index >= 15 is 0 Å². The number of hydrogen-bond acceptors (Lipinski definition) is 4. The summed E-state index contributed by atoms with van der Waals surface area (Å²) in [6, 6.07) is 4.26. The van der Waals surface area contributed by atoms with Crippen LogP contribution < -0.4 is 4.74 Å². The Kier molecular flexibility index (Phi) is 13.1. The van der Waals surface area contributed by atoms with Gasteiger partial charge in [0.2, 0.25) is 0 Å². The minimum absolute atomic E-state index is 0.170. The molecule has 0 saturated heterocycles. The lowest BCUT2D eigenvalue weighted by Crippen LogP contribution is -2.07. The molecule has 1 aromatic rings. The lowest BCUT2D eigenvalue weighted by molar-refractivity contribution is -0.134. The molecule has 4 heteroatoms. The first-order valence-electron chi connectivity index (χ1n) is 10.7. The molecule has 152 valence electrons. The van der Waals surface area contributed by atoms with Gasteiger partial charge in [-0.15, -0.1) is 0 Å². The fourth-order valence-electron chi connectivity index (χ4n) is 3.16. The first-order chi connectivity index (χ1) is 13.2. The molecule has 0 heterocycles. The van der Waals surface area contributed by atoms with Crippen LogP contribution in [0.2, 0.25) is 0 Å². The Balaban J connectivity index is 1.95. The van der Waals surface area contributed by atoms with E-state index in [1.807, 2.05) is 0 Å². The van der Waals surface area contributed by atoms with Crippen molar-refractivity contribution >= 4 is 12.3 Å². The van der Waals surface area contributed by atoms with Crippen LogP contribution in [0.5, 0.6) is 11.5 Å². The van der Waals surface area contributed by atoms with Crippen molar-refractivity contribution in [1.82, 2.24) is 0 Å². The van der Waals surface area contributed by atoms with Crippen LogP contribution in [0.4, 0.5) is 0 Å². The van der Waals surface area contributed by atoms with E-state index in [0.717, 1.165) is 12.8 Å². The average molecular weight is 377 g/mol. The smallest absolute Gasteiger partial charge is 0.311 e. The first kappa shape index (κ1) is 23.2. The zero-order valence-electron chi connectivity index (χ0n) is 16.9. The number of aromatic hydroxyl groups is 1. The quantitative estimate of drug-likeness (QED) is 0.153. The summed E-state index contributed by atoms with van der Waals surface area (Å²) in [6.07, 6.45) is 17.4. The zero-order chi connectivity index (χ0) is 19.7. The lowest BCUT2D eigenvalue weighted by Gasteiger charge is -2.06. The number of rotatable bonds is 16. The van der Waals surface area contributed by atoms with E-state index in [4.69, 9.17) is 4.74 Å². The van der Waals surface area contributed by atoms with Gasteiger partial charge < -0.3 is 9.84 Å². The highest BCUT2D eigenvalue weighted by Crippen LogP contribution is 2.22. The number of hydrogen-bond donors (Lipinski definition) is 1. The third-order valence-corrected chi connectivity index (χ3v) is 4.85. The summed E-state index contributed by atoms with van der Waals surface area (Å²) < 4.78 is 5.19. The summed E-state index contributed by atoms with van der Waals surface area (Å²) in [6.45, 7) is 2.25.